The molecule has 1 heterocycles. The van der Waals surface area contributed by atoms with Gasteiger partial charge in [-0.15, -0.1) is 0 Å². The van der Waals surface area contributed by atoms with Gasteiger partial charge in [0.25, 0.3) is 5.91 Å². The van der Waals surface area contributed by atoms with E-state index >= 15 is 0 Å². The molecule has 0 radical (unpaired) electrons. The topological polar surface area (TPSA) is 88.7 Å². The molecular formula is C20H21N3O4. The number of methoxy groups -OCH3 is 2. The number of amides is 3. The molecule has 1 unspecified atom stereocenters. The summed E-state index contributed by atoms with van der Waals surface area (Å²) in [6, 6.07) is 13.4. The second-order valence-corrected chi connectivity index (χ2v) is 5.97. The van der Waals surface area contributed by atoms with Gasteiger partial charge in [0.1, 0.15) is 11.5 Å². The van der Waals surface area contributed by atoms with Crippen molar-refractivity contribution in [3.8, 4) is 11.5 Å². The standard InChI is InChI=1S/C20H21N3O4/c1-12-17(19(24)22-14-9-5-7-11-16(14)27-3)18(23-20(25)21-12)13-8-4-6-10-15(13)26-2/h4-11,18H,1-3H3,(H,22,24)(H2,21,23,25). The van der Waals surface area contributed by atoms with E-state index in [-0.39, 0.29) is 11.9 Å². The van der Waals surface area contributed by atoms with Crippen LogP contribution in [0.3, 0.4) is 0 Å². The third-order valence-corrected chi connectivity index (χ3v) is 4.32. The van der Waals surface area contributed by atoms with Gasteiger partial charge in [0, 0.05) is 11.3 Å². The van der Waals surface area contributed by atoms with Gasteiger partial charge in [0.15, 0.2) is 0 Å². The third kappa shape index (κ3) is 3.72. The molecule has 0 saturated heterocycles. The number of allylic oxidation sites excluding steroid dienone is 1. The summed E-state index contributed by atoms with van der Waals surface area (Å²) in [7, 11) is 3.09. The highest BCUT2D eigenvalue weighted by Gasteiger charge is 2.33. The van der Waals surface area contributed by atoms with Crippen molar-refractivity contribution in [1.29, 1.82) is 0 Å². The summed E-state index contributed by atoms with van der Waals surface area (Å²) in [6.45, 7) is 1.69. The Labute approximate surface area is 157 Å². The lowest BCUT2D eigenvalue weighted by Crippen LogP contribution is -2.46. The van der Waals surface area contributed by atoms with Crippen molar-refractivity contribution >= 4 is 17.6 Å². The highest BCUT2D eigenvalue weighted by molar-refractivity contribution is 6.07. The molecule has 1 aliphatic rings. The number of benzene rings is 2. The normalized spacial score (nSPS) is 16.3. The van der Waals surface area contributed by atoms with Crippen molar-refractivity contribution in [1.82, 2.24) is 10.6 Å². The highest BCUT2D eigenvalue weighted by atomic mass is 16.5. The van der Waals surface area contributed by atoms with Crippen LogP contribution in [0.25, 0.3) is 0 Å². The summed E-state index contributed by atoms with van der Waals surface area (Å²) in [5.41, 5.74) is 2.10. The summed E-state index contributed by atoms with van der Waals surface area (Å²) in [5.74, 6) is 0.784. The molecule has 2 aromatic carbocycles. The van der Waals surface area contributed by atoms with Crippen molar-refractivity contribution in [2.24, 2.45) is 0 Å². The maximum Gasteiger partial charge on any atom is 0.319 e. The number of hydrogen-bond donors (Lipinski definition) is 3. The van der Waals surface area contributed by atoms with Crippen LogP contribution in [0.5, 0.6) is 11.5 Å². The average molecular weight is 367 g/mol. The first-order valence-corrected chi connectivity index (χ1v) is 8.40. The van der Waals surface area contributed by atoms with Gasteiger partial charge in [-0.1, -0.05) is 30.3 Å². The molecule has 0 spiro atoms. The van der Waals surface area contributed by atoms with E-state index in [1.165, 1.54) is 7.11 Å². The van der Waals surface area contributed by atoms with Crippen LogP contribution in [0, 0.1) is 0 Å². The van der Waals surface area contributed by atoms with Gasteiger partial charge in [0.05, 0.1) is 31.5 Å². The fourth-order valence-corrected chi connectivity index (χ4v) is 3.07. The summed E-state index contributed by atoms with van der Waals surface area (Å²) in [6.07, 6.45) is 0. The summed E-state index contributed by atoms with van der Waals surface area (Å²) >= 11 is 0. The first-order chi connectivity index (χ1) is 13.0. The lowest BCUT2D eigenvalue weighted by atomic mass is 9.94. The molecule has 3 N–H and O–H groups in total. The lowest BCUT2D eigenvalue weighted by Gasteiger charge is -2.29. The van der Waals surface area contributed by atoms with Crippen molar-refractivity contribution in [3.63, 3.8) is 0 Å². The maximum atomic E-state index is 13.1. The van der Waals surface area contributed by atoms with Gasteiger partial charge in [-0.25, -0.2) is 4.79 Å². The molecule has 0 fully saturated rings. The Kier molecular flexibility index (Phi) is 5.30. The fraction of sp³-hybridized carbons (Fsp3) is 0.200. The molecule has 2 aromatic rings. The van der Waals surface area contributed by atoms with Gasteiger partial charge in [-0.05, 0) is 25.1 Å². The van der Waals surface area contributed by atoms with Gasteiger partial charge in [-0.2, -0.15) is 0 Å². The Balaban J connectivity index is 2.00. The number of carbonyl (C=O) groups excluding carboxylic acids is 2. The zero-order chi connectivity index (χ0) is 19.4. The monoisotopic (exact) mass is 367 g/mol. The quantitative estimate of drug-likeness (QED) is 0.758. The first-order valence-electron chi connectivity index (χ1n) is 8.40. The Morgan fingerprint density at radius 3 is 2.33 bits per heavy atom. The molecule has 0 saturated carbocycles. The number of hydrogen-bond acceptors (Lipinski definition) is 4. The summed E-state index contributed by atoms with van der Waals surface area (Å²) in [4.78, 5) is 25.1. The number of ether oxygens (including phenoxy) is 2. The van der Waals surface area contributed by atoms with E-state index in [1.807, 2.05) is 24.3 Å². The predicted molar refractivity (Wildman–Crippen MR) is 102 cm³/mol. The van der Waals surface area contributed by atoms with Crippen LogP contribution in [-0.4, -0.2) is 26.2 Å². The smallest absolute Gasteiger partial charge is 0.319 e. The molecular weight excluding hydrogens is 346 g/mol. The largest absolute Gasteiger partial charge is 0.496 e. The molecule has 27 heavy (non-hydrogen) atoms. The van der Waals surface area contributed by atoms with Crippen LogP contribution in [0.2, 0.25) is 0 Å². The maximum absolute atomic E-state index is 13.1. The van der Waals surface area contributed by atoms with E-state index in [4.69, 9.17) is 9.47 Å². The number of rotatable bonds is 5. The minimum atomic E-state index is -0.649. The van der Waals surface area contributed by atoms with Crippen LogP contribution in [-0.2, 0) is 4.79 Å². The van der Waals surface area contributed by atoms with E-state index in [1.54, 1.807) is 38.3 Å². The van der Waals surface area contributed by atoms with Crippen LogP contribution in [0.1, 0.15) is 18.5 Å². The van der Waals surface area contributed by atoms with Crippen LogP contribution >= 0.6 is 0 Å². The first kappa shape index (κ1) is 18.3. The van der Waals surface area contributed by atoms with Crippen LogP contribution in [0.15, 0.2) is 59.8 Å². The van der Waals surface area contributed by atoms with Gasteiger partial charge >= 0.3 is 6.03 Å². The second-order valence-electron chi connectivity index (χ2n) is 5.97. The van der Waals surface area contributed by atoms with Gasteiger partial charge in [0.2, 0.25) is 0 Å². The van der Waals surface area contributed by atoms with E-state index in [9.17, 15) is 9.59 Å². The third-order valence-electron chi connectivity index (χ3n) is 4.32. The van der Waals surface area contributed by atoms with Crippen molar-refractivity contribution < 1.29 is 19.1 Å². The average Bonchev–Trinajstić information content (AvgIpc) is 2.67. The lowest BCUT2D eigenvalue weighted by molar-refractivity contribution is -0.113. The fourth-order valence-electron chi connectivity index (χ4n) is 3.07. The Morgan fingerprint density at radius 2 is 1.63 bits per heavy atom. The number of nitrogens with one attached hydrogen (secondary N) is 3. The van der Waals surface area contributed by atoms with Crippen molar-refractivity contribution in [2.75, 3.05) is 19.5 Å². The predicted octanol–water partition coefficient (Wildman–Crippen LogP) is 2.97. The Hall–Kier alpha value is -3.48. The number of urea groups is 1. The zero-order valence-corrected chi connectivity index (χ0v) is 15.3. The van der Waals surface area contributed by atoms with Gasteiger partial charge in [-0.3, -0.25) is 4.79 Å². The molecule has 3 rings (SSSR count). The molecule has 7 nitrogen and oxygen atoms in total. The molecule has 3 amide bonds. The number of para-hydroxylation sites is 3. The zero-order valence-electron chi connectivity index (χ0n) is 15.3. The Morgan fingerprint density at radius 1 is 1.00 bits per heavy atom. The number of anilines is 1. The van der Waals surface area contributed by atoms with E-state index in [0.717, 1.165) is 0 Å². The van der Waals surface area contributed by atoms with Gasteiger partial charge < -0.3 is 25.4 Å². The van der Waals surface area contributed by atoms with Crippen LogP contribution in [0.4, 0.5) is 10.5 Å². The molecule has 1 aliphatic heterocycles. The van der Waals surface area contributed by atoms with E-state index < -0.39 is 6.04 Å². The molecule has 0 bridgehead atoms. The minimum Gasteiger partial charge on any atom is -0.496 e. The summed E-state index contributed by atoms with van der Waals surface area (Å²) in [5, 5.41) is 8.32. The molecule has 0 aliphatic carbocycles. The SMILES string of the molecule is COc1ccccc1NC(=O)C1=C(C)NC(=O)NC1c1ccccc1OC. The van der Waals surface area contributed by atoms with Crippen LogP contribution < -0.4 is 25.4 Å². The molecule has 140 valence electrons. The number of carbonyl (C=O) groups is 2. The molecule has 7 heteroatoms. The van der Waals surface area contributed by atoms with E-state index in [2.05, 4.69) is 16.0 Å². The van der Waals surface area contributed by atoms with Crippen molar-refractivity contribution in [3.05, 3.63) is 65.4 Å². The second kappa shape index (κ2) is 7.82. The Bertz CT molecular complexity index is 908. The summed E-state index contributed by atoms with van der Waals surface area (Å²) < 4.78 is 10.7. The molecule has 0 aromatic heterocycles. The minimum absolute atomic E-state index is 0.347. The molecule has 1 atom stereocenters. The van der Waals surface area contributed by atoms with E-state index in [0.29, 0.717) is 34.0 Å². The highest BCUT2D eigenvalue weighted by Crippen LogP contribution is 2.34. The van der Waals surface area contributed by atoms with Crippen molar-refractivity contribution in [2.45, 2.75) is 13.0 Å².